The molecule has 3 nitrogen and oxygen atoms in total. The molecule has 1 aromatic heterocycles. The summed E-state index contributed by atoms with van der Waals surface area (Å²) in [4.78, 5) is 6.83. The van der Waals surface area contributed by atoms with Crippen LogP contribution in [-0.2, 0) is 0 Å². The molecule has 7 aromatic carbocycles. The predicted octanol–water partition coefficient (Wildman–Crippen LogP) is 5.66. The average Bonchev–Trinajstić information content (AvgIpc) is 3.60. The van der Waals surface area contributed by atoms with Crippen molar-refractivity contribution >= 4 is 75.0 Å². The Morgan fingerprint density at radius 2 is 0.804 bits per heavy atom. The molecule has 1 N–H and O–H groups in total. The SMILES string of the molecule is c1ccc(N2c3ccccc3[Si](c3ccccc3)(c3ccccc3)c3[nH]c4c(c32)Oc2ccccc2[Si]4(c2ccccc2)c2ccccc2)cc1. The van der Waals surface area contributed by atoms with Crippen molar-refractivity contribution in [2.45, 2.75) is 0 Å². The van der Waals surface area contributed by atoms with Gasteiger partial charge in [0.25, 0.3) is 0 Å². The summed E-state index contributed by atoms with van der Waals surface area (Å²) in [7, 11) is -5.96. The predicted molar refractivity (Wildman–Crippen MR) is 216 cm³/mol. The number of hydrogen-bond acceptors (Lipinski definition) is 2. The van der Waals surface area contributed by atoms with Gasteiger partial charge in [-0.05, 0) is 55.4 Å². The van der Waals surface area contributed by atoms with E-state index in [1.807, 2.05) is 0 Å². The lowest BCUT2D eigenvalue weighted by Crippen LogP contribution is -2.79. The van der Waals surface area contributed by atoms with Gasteiger partial charge in [-0.2, -0.15) is 0 Å². The number of anilines is 3. The monoisotopic (exact) mass is 686 g/mol. The number of para-hydroxylation sites is 3. The number of aromatic nitrogens is 1. The molecule has 0 saturated carbocycles. The summed E-state index contributed by atoms with van der Waals surface area (Å²) in [5.41, 5.74) is 3.39. The van der Waals surface area contributed by atoms with Crippen molar-refractivity contribution in [2.75, 3.05) is 4.90 Å². The number of benzene rings is 7. The number of nitrogens with zero attached hydrogens (tertiary/aromatic N) is 1. The van der Waals surface area contributed by atoms with Gasteiger partial charge < -0.3 is 14.6 Å². The zero-order chi connectivity index (χ0) is 33.8. The van der Waals surface area contributed by atoms with Crippen LogP contribution in [0.3, 0.4) is 0 Å². The van der Waals surface area contributed by atoms with Crippen LogP contribution in [0.4, 0.5) is 17.1 Å². The molecular formula is C46H34N2OSi2. The molecule has 5 heteroatoms. The molecule has 2 aliphatic rings. The lowest BCUT2D eigenvalue weighted by atomic mass is 10.2. The normalized spacial score (nSPS) is 14.7. The van der Waals surface area contributed by atoms with Gasteiger partial charge in [0, 0.05) is 16.7 Å². The molecule has 0 unspecified atom stereocenters. The van der Waals surface area contributed by atoms with Crippen LogP contribution in [0.5, 0.6) is 11.5 Å². The fourth-order valence-corrected chi connectivity index (χ4v) is 18.8. The Morgan fingerprint density at radius 1 is 0.392 bits per heavy atom. The summed E-state index contributed by atoms with van der Waals surface area (Å²) in [6.07, 6.45) is 0. The van der Waals surface area contributed by atoms with E-state index in [0.29, 0.717) is 0 Å². The molecule has 242 valence electrons. The van der Waals surface area contributed by atoms with E-state index in [4.69, 9.17) is 4.74 Å². The van der Waals surface area contributed by atoms with Gasteiger partial charge in [0.15, 0.2) is 5.75 Å². The molecule has 0 fully saturated rings. The summed E-state index contributed by atoms with van der Waals surface area (Å²) < 4.78 is 7.33. The van der Waals surface area contributed by atoms with Gasteiger partial charge in [-0.3, -0.25) is 0 Å². The second kappa shape index (κ2) is 11.7. The van der Waals surface area contributed by atoms with Gasteiger partial charge in [0.2, 0.25) is 16.1 Å². The van der Waals surface area contributed by atoms with Crippen LogP contribution in [0.25, 0.3) is 0 Å². The van der Waals surface area contributed by atoms with Gasteiger partial charge in [0.05, 0.1) is 5.32 Å². The Bertz CT molecular complexity index is 2420. The number of ether oxygens (including phenoxy) is 1. The van der Waals surface area contributed by atoms with E-state index < -0.39 is 16.1 Å². The second-order valence-electron chi connectivity index (χ2n) is 13.3. The van der Waals surface area contributed by atoms with Crippen LogP contribution in [0.2, 0.25) is 0 Å². The Morgan fingerprint density at radius 3 is 1.33 bits per heavy atom. The molecule has 0 radical (unpaired) electrons. The third-order valence-corrected chi connectivity index (χ3v) is 20.3. The zero-order valence-electron chi connectivity index (χ0n) is 27.9. The van der Waals surface area contributed by atoms with E-state index in [-0.39, 0.29) is 0 Å². The number of hydrogen-bond donors (Lipinski definition) is 1. The third kappa shape index (κ3) is 4.16. The van der Waals surface area contributed by atoms with Crippen LogP contribution in [0, 0.1) is 0 Å². The van der Waals surface area contributed by atoms with Gasteiger partial charge in [-0.1, -0.05) is 176 Å². The number of fused-ring (bicyclic) bond motifs is 5. The second-order valence-corrected chi connectivity index (χ2v) is 20.7. The summed E-state index contributed by atoms with van der Waals surface area (Å²) in [5.74, 6) is 1.84. The number of H-pyrrole nitrogens is 1. The molecule has 8 aromatic rings. The summed E-state index contributed by atoms with van der Waals surface area (Å²) in [6.45, 7) is 0. The highest BCUT2D eigenvalue weighted by Gasteiger charge is 2.57. The van der Waals surface area contributed by atoms with E-state index >= 15 is 0 Å². The molecule has 2 aliphatic heterocycles. The van der Waals surface area contributed by atoms with Gasteiger partial charge in [-0.25, -0.2) is 0 Å². The zero-order valence-corrected chi connectivity index (χ0v) is 29.9. The Hall–Kier alpha value is -6.15. The maximum absolute atomic E-state index is 7.33. The first-order valence-corrected chi connectivity index (χ1v) is 21.5. The summed E-state index contributed by atoms with van der Waals surface area (Å²) >= 11 is 0. The van der Waals surface area contributed by atoms with Crippen LogP contribution < -0.4 is 51.4 Å². The Labute approximate surface area is 300 Å². The highest BCUT2D eigenvalue weighted by atomic mass is 28.3. The maximum atomic E-state index is 7.33. The maximum Gasteiger partial charge on any atom is 0.207 e. The highest BCUT2D eigenvalue weighted by molar-refractivity contribution is 7.23. The molecule has 0 bridgehead atoms. The van der Waals surface area contributed by atoms with E-state index in [1.54, 1.807) is 0 Å². The van der Waals surface area contributed by atoms with E-state index in [1.165, 1.54) is 47.4 Å². The van der Waals surface area contributed by atoms with Crippen molar-refractivity contribution in [1.29, 1.82) is 0 Å². The van der Waals surface area contributed by atoms with E-state index in [2.05, 4.69) is 210 Å². The minimum Gasteiger partial charge on any atom is -0.454 e. The molecule has 51 heavy (non-hydrogen) atoms. The first-order chi connectivity index (χ1) is 25.3. The van der Waals surface area contributed by atoms with Crippen LogP contribution in [0.1, 0.15) is 0 Å². The molecular weight excluding hydrogens is 653 g/mol. The van der Waals surface area contributed by atoms with Crippen LogP contribution >= 0.6 is 0 Å². The first kappa shape index (κ1) is 29.7. The molecule has 3 heterocycles. The molecule has 0 aliphatic carbocycles. The fourth-order valence-electron chi connectivity index (χ4n) is 8.80. The van der Waals surface area contributed by atoms with Gasteiger partial charge in [0.1, 0.15) is 11.4 Å². The quantitative estimate of drug-likeness (QED) is 0.237. The number of aromatic amines is 1. The topological polar surface area (TPSA) is 28.3 Å². The Kier molecular flexibility index (Phi) is 6.84. The van der Waals surface area contributed by atoms with Crippen molar-refractivity contribution in [2.24, 2.45) is 0 Å². The lowest BCUT2D eigenvalue weighted by Gasteiger charge is -2.43. The van der Waals surface area contributed by atoms with Crippen molar-refractivity contribution < 1.29 is 4.74 Å². The highest BCUT2D eigenvalue weighted by Crippen LogP contribution is 2.45. The van der Waals surface area contributed by atoms with Crippen molar-refractivity contribution in [1.82, 2.24) is 4.98 Å². The van der Waals surface area contributed by atoms with Gasteiger partial charge >= 0.3 is 0 Å². The molecule has 0 atom stereocenters. The largest absolute Gasteiger partial charge is 0.454 e. The third-order valence-electron chi connectivity index (χ3n) is 10.8. The lowest BCUT2D eigenvalue weighted by molar-refractivity contribution is 0.489. The smallest absolute Gasteiger partial charge is 0.207 e. The van der Waals surface area contributed by atoms with Crippen LogP contribution in [0.15, 0.2) is 200 Å². The minimum atomic E-state index is -2.99. The molecule has 0 amide bonds. The van der Waals surface area contributed by atoms with E-state index in [9.17, 15) is 0 Å². The first-order valence-electron chi connectivity index (χ1n) is 17.5. The van der Waals surface area contributed by atoms with Crippen LogP contribution in [-0.4, -0.2) is 21.1 Å². The molecule has 10 rings (SSSR count). The molecule has 0 saturated heterocycles. The summed E-state index contributed by atoms with van der Waals surface area (Å²) in [5, 5.41) is 10.3. The summed E-state index contributed by atoms with van der Waals surface area (Å²) in [6, 6.07) is 73.3. The van der Waals surface area contributed by atoms with Crippen molar-refractivity contribution in [3.63, 3.8) is 0 Å². The number of rotatable bonds is 5. The fraction of sp³-hybridized carbons (Fsp3) is 0. The minimum absolute atomic E-state index is 0.921. The van der Waals surface area contributed by atoms with E-state index in [0.717, 1.165) is 22.9 Å². The van der Waals surface area contributed by atoms with Crippen molar-refractivity contribution in [3.05, 3.63) is 200 Å². The van der Waals surface area contributed by atoms with Crippen molar-refractivity contribution in [3.8, 4) is 11.5 Å². The standard InChI is InChI=1S/C46H34N2OSi2/c1-6-20-34(21-7-1)48-39-30-16-18-32-41(39)50(35-22-8-2-9-23-35,36-24-10-3-11-25-36)45-43(48)44-46(47-45)51(37-26-12-4-13-27-37,38-28-14-5-15-29-38)42-33-19-17-31-40(42)49-44/h1-33,47H. The Balaban J connectivity index is 1.43. The molecule has 0 spiro atoms. The average molecular weight is 687 g/mol. The van der Waals surface area contributed by atoms with Gasteiger partial charge in [-0.15, -0.1) is 0 Å². The number of nitrogens with one attached hydrogen (secondary N) is 1.